The summed E-state index contributed by atoms with van der Waals surface area (Å²) in [6.07, 6.45) is 0. The van der Waals surface area contributed by atoms with Gasteiger partial charge in [-0.15, -0.1) is 0 Å². The predicted molar refractivity (Wildman–Crippen MR) is 78.0 cm³/mol. The van der Waals surface area contributed by atoms with E-state index in [2.05, 4.69) is 36.2 Å². The van der Waals surface area contributed by atoms with Crippen LogP contribution in [0.4, 0.5) is 5.69 Å². The maximum Gasteiger partial charge on any atom is 0.248 e. The fraction of sp³-hybridized carbons (Fsp3) is 0.467. The largest absolute Gasteiger partial charge is 0.497 e. The second-order valence-corrected chi connectivity index (χ2v) is 5.80. The Morgan fingerprint density at radius 3 is 2.35 bits per heavy atom. The Morgan fingerprint density at radius 2 is 1.85 bits per heavy atom. The molecule has 0 saturated carbocycles. The second-order valence-electron chi connectivity index (χ2n) is 5.80. The maximum atomic E-state index is 5.32. The van der Waals surface area contributed by atoms with Crippen LogP contribution >= 0.6 is 0 Å². The highest BCUT2D eigenvalue weighted by atomic mass is 16.5. The first kappa shape index (κ1) is 14.4. The summed E-state index contributed by atoms with van der Waals surface area (Å²) in [6, 6.07) is 7.67. The quantitative estimate of drug-likeness (QED) is 0.924. The summed E-state index contributed by atoms with van der Waals surface area (Å²) >= 11 is 0. The Balaban J connectivity index is 2.07. The minimum atomic E-state index is -0.110. The first-order valence-electron chi connectivity index (χ1n) is 6.65. The van der Waals surface area contributed by atoms with Gasteiger partial charge in [-0.3, -0.25) is 0 Å². The van der Waals surface area contributed by atoms with Gasteiger partial charge in [0, 0.05) is 11.1 Å². The minimum Gasteiger partial charge on any atom is -0.497 e. The van der Waals surface area contributed by atoms with Crippen LogP contribution in [0.3, 0.4) is 0 Å². The molecule has 108 valence electrons. The summed E-state index contributed by atoms with van der Waals surface area (Å²) in [5.74, 6) is 2.14. The Morgan fingerprint density at radius 1 is 1.20 bits per heavy atom. The molecule has 2 aromatic rings. The van der Waals surface area contributed by atoms with Gasteiger partial charge in [0.05, 0.1) is 7.11 Å². The highest BCUT2D eigenvalue weighted by Gasteiger charge is 2.23. The minimum absolute atomic E-state index is 0.0491. The summed E-state index contributed by atoms with van der Waals surface area (Å²) in [5, 5.41) is 7.35. The molecule has 0 aliphatic rings. The average molecular weight is 275 g/mol. The lowest BCUT2D eigenvalue weighted by Crippen LogP contribution is -2.14. The zero-order valence-corrected chi connectivity index (χ0v) is 12.6. The highest BCUT2D eigenvalue weighted by Crippen LogP contribution is 2.23. The molecule has 20 heavy (non-hydrogen) atoms. The number of hydrogen-bond acceptors (Lipinski definition) is 5. The van der Waals surface area contributed by atoms with E-state index in [-0.39, 0.29) is 11.5 Å². The lowest BCUT2D eigenvalue weighted by molar-refractivity contribution is 0.354. The Bertz CT molecular complexity index is 555. The molecule has 1 N–H and O–H groups in total. The van der Waals surface area contributed by atoms with Gasteiger partial charge >= 0.3 is 0 Å². The topological polar surface area (TPSA) is 60.2 Å². The van der Waals surface area contributed by atoms with Crippen molar-refractivity contribution in [1.29, 1.82) is 0 Å². The fourth-order valence-corrected chi connectivity index (χ4v) is 1.71. The number of hydrogen-bond donors (Lipinski definition) is 1. The normalized spacial score (nSPS) is 13.1. The van der Waals surface area contributed by atoms with Crippen LogP contribution in [0.2, 0.25) is 0 Å². The van der Waals surface area contributed by atoms with Crippen molar-refractivity contribution >= 4 is 5.69 Å². The number of aromatic nitrogens is 2. The van der Waals surface area contributed by atoms with Gasteiger partial charge in [-0.1, -0.05) is 25.9 Å². The van der Waals surface area contributed by atoms with Crippen LogP contribution < -0.4 is 10.1 Å². The smallest absolute Gasteiger partial charge is 0.248 e. The van der Waals surface area contributed by atoms with E-state index >= 15 is 0 Å². The van der Waals surface area contributed by atoms with E-state index in [9.17, 15) is 0 Å². The van der Waals surface area contributed by atoms with Crippen molar-refractivity contribution in [2.45, 2.75) is 39.2 Å². The van der Waals surface area contributed by atoms with Gasteiger partial charge in [-0.2, -0.15) is 4.98 Å². The number of benzene rings is 1. The molecule has 0 spiro atoms. The number of anilines is 1. The SMILES string of the molecule is COc1ccc(NC(C)c2nc(C(C)(C)C)no2)cc1. The van der Waals surface area contributed by atoms with Crippen molar-refractivity contribution in [3.8, 4) is 5.75 Å². The van der Waals surface area contributed by atoms with Gasteiger partial charge in [-0.05, 0) is 31.2 Å². The summed E-state index contributed by atoms with van der Waals surface area (Å²) in [7, 11) is 1.65. The van der Waals surface area contributed by atoms with Crippen LogP contribution in [0.1, 0.15) is 45.5 Å². The monoisotopic (exact) mass is 275 g/mol. The number of ether oxygens (including phenoxy) is 1. The summed E-state index contributed by atoms with van der Waals surface area (Å²) < 4.78 is 10.5. The van der Waals surface area contributed by atoms with Crippen LogP contribution in [0.5, 0.6) is 5.75 Å². The van der Waals surface area contributed by atoms with E-state index in [1.807, 2.05) is 31.2 Å². The molecule has 1 unspecified atom stereocenters. The lowest BCUT2D eigenvalue weighted by atomic mass is 9.96. The Kier molecular flexibility index (Phi) is 3.97. The van der Waals surface area contributed by atoms with E-state index in [4.69, 9.17) is 9.26 Å². The number of nitrogens with zero attached hydrogens (tertiary/aromatic N) is 2. The molecule has 1 atom stereocenters. The highest BCUT2D eigenvalue weighted by molar-refractivity contribution is 5.47. The Labute approximate surface area is 119 Å². The van der Waals surface area contributed by atoms with E-state index in [1.165, 1.54) is 0 Å². The molecule has 0 bridgehead atoms. The summed E-state index contributed by atoms with van der Waals surface area (Å²) in [4.78, 5) is 4.45. The number of rotatable bonds is 4. The first-order valence-corrected chi connectivity index (χ1v) is 6.65. The van der Waals surface area contributed by atoms with Gasteiger partial charge in [0.25, 0.3) is 0 Å². The van der Waals surface area contributed by atoms with Gasteiger partial charge in [0.2, 0.25) is 5.89 Å². The zero-order chi connectivity index (χ0) is 14.8. The van der Waals surface area contributed by atoms with Crippen LogP contribution in [-0.2, 0) is 5.41 Å². The van der Waals surface area contributed by atoms with Crippen LogP contribution in [0.25, 0.3) is 0 Å². The maximum absolute atomic E-state index is 5.32. The van der Waals surface area contributed by atoms with Crippen molar-refractivity contribution in [1.82, 2.24) is 10.1 Å². The van der Waals surface area contributed by atoms with Gasteiger partial charge < -0.3 is 14.6 Å². The third kappa shape index (κ3) is 3.29. The Hall–Kier alpha value is -2.04. The van der Waals surface area contributed by atoms with Crippen LogP contribution in [0, 0.1) is 0 Å². The molecule has 5 nitrogen and oxygen atoms in total. The predicted octanol–water partition coefficient (Wildman–Crippen LogP) is 3.55. The van der Waals surface area contributed by atoms with Crippen molar-refractivity contribution in [2.24, 2.45) is 0 Å². The molecule has 1 heterocycles. The molecule has 0 radical (unpaired) electrons. The molecule has 0 saturated heterocycles. The standard InChI is InChI=1S/C15H21N3O2/c1-10(13-17-14(18-20-13)15(2,3)4)16-11-6-8-12(19-5)9-7-11/h6-10,16H,1-5H3. The molecular weight excluding hydrogens is 254 g/mol. The molecule has 0 aliphatic heterocycles. The second kappa shape index (κ2) is 5.53. The summed E-state index contributed by atoms with van der Waals surface area (Å²) in [5.41, 5.74) is 0.871. The molecule has 5 heteroatoms. The van der Waals surface area contributed by atoms with E-state index in [1.54, 1.807) is 7.11 Å². The van der Waals surface area contributed by atoms with Gasteiger partial charge in [0.15, 0.2) is 5.82 Å². The van der Waals surface area contributed by atoms with Crippen molar-refractivity contribution in [3.63, 3.8) is 0 Å². The van der Waals surface area contributed by atoms with Crippen molar-refractivity contribution in [3.05, 3.63) is 36.0 Å². The van der Waals surface area contributed by atoms with Gasteiger partial charge in [-0.25, -0.2) is 0 Å². The molecule has 1 aromatic heterocycles. The van der Waals surface area contributed by atoms with Crippen LogP contribution in [0.15, 0.2) is 28.8 Å². The average Bonchev–Trinajstić information content (AvgIpc) is 2.89. The molecule has 1 aromatic carbocycles. The third-order valence-corrected chi connectivity index (χ3v) is 2.96. The van der Waals surface area contributed by atoms with Gasteiger partial charge in [0.1, 0.15) is 11.8 Å². The molecule has 2 rings (SSSR count). The number of methoxy groups -OCH3 is 1. The lowest BCUT2D eigenvalue weighted by Gasteiger charge is -2.12. The summed E-state index contributed by atoms with van der Waals surface area (Å²) in [6.45, 7) is 8.17. The van der Waals surface area contributed by atoms with E-state index in [0.717, 1.165) is 17.3 Å². The van der Waals surface area contributed by atoms with Crippen molar-refractivity contribution < 1.29 is 9.26 Å². The van der Waals surface area contributed by atoms with Crippen LogP contribution in [-0.4, -0.2) is 17.3 Å². The van der Waals surface area contributed by atoms with E-state index in [0.29, 0.717) is 5.89 Å². The van der Waals surface area contributed by atoms with Crippen molar-refractivity contribution in [2.75, 3.05) is 12.4 Å². The number of nitrogens with one attached hydrogen (secondary N) is 1. The molecule has 0 amide bonds. The molecular formula is C15H21N3O2. The fourth-order valence-electron chi connectivity index (χ4n) is 1.71. The first-order chi connectivity index (χ1) is 9.40. The van der Waals surface area contributed by atoms with E-state index < -0.39 is 0 Å². The zero-order valence-electron chi connectivity index (χ0n) is 12.6. The molecule has 0 fully saturated rings. The third-order valence-electron chi connectivity index (χ3n) is 2.96. The molecule has 0 aliphatic carbocycles.